The van der Waals surface area contributed by atoms with E-state index in [1.165, 1.54) is 17.7 Å². The molecule has 8 heteroatoms. The third kappa shape index (κ3) is 3.85. The number of nitrogens with one attached hydrogen (secondary N) is 3. The molecule has 1 heterocycles. The Morgan fingerprint density at radius 2 is 1.66 bits per heavy atom. The van der Waals surface area contributed by atoms with E-state index in [1.807, 2.05) is 30.3 Å². The molecule has 1 aliphatic rings. The maximum absolute atomic E-state index is 13.5. The molecule has 1 saturated carbocycles. The summed E-state index contributed by atoms with van der Waals surface area (Å²) in [5.41, 5.74) is 1.73. The van der Waals surface area contributed by atoms with Gasteiger partial charge < -0.3 is 10.3 Å². The second-order valence-electron chi connectivity index (χ2n) is 7.79. The molecule has 0 spiro atoms. The fourth-order valence-electron chi connectivity index (χ4n) is 3.97. The van der Waals surface area contributed by atoms with Gasteiger partial charge in [-0.25, -0.2) is 13.2 Å². The van der Waals surface area contributed by atoms with Crippen LogP contribution in [0.4, 0.5) is 10.6 Å². The highest BCUT2D eigenvalue weighted by molar-refractivity contribution is 7.92. The molecule has 1 aliphatic carbocycles. The number of sulfone groups is 1. The van der Waals surface area contributed by atoms with Gasteiger partial charge in [-0.05, 0) is 42.3 Å². The van der Waals surface area contributed by atoms with E-state index in [4.69, 9.17) is 11.6 Å². The lowest BCUT2D eigenvalue weighted by molar-refractivity contribution is 0.251. The smallest absolute Gasteiger partial charge is 0.320 e. The molecule has 162 valence electrons. The molecule has 2 atom stereocenters. The van der Waals surface area contributed by atoms with Crippen LogP contribution < -0.4 is 10.6 Å². The molecule has 0 bridgehead atoms. The standard InChI is InChI=1S/C24H20ClN3O3S/c25-16-11-12-20-19(13-16)22(32(30,31)17-9-5-2-6-10-17)23(26-20)28-24(29)27-21-14-18(21)15-7-3-1-4-8-15/h1-13,18,21,26H,14H2,(H2,27,28,29). The van der Waals surface area contributed by atoms with Crippen molar-refractivity contribution in [1.29, 1.82) is 0 Å². The number of anilines is 1. The predicted octanol–water partition coefficient (Wildman–Crippen LogP) is 5.33. The number of aromatic nitrogens is 1. The van der Waals surface area contributed by atoms with Crippen LogP contribution in [0.3, 0.4) is 0 Å². The number of fused-ring (bicyclic) bond motifs is 1. The highest BCUT2D eigenvalue weighted by Crippen LogP contribution is 2.41. The highest BCUT2D eigenvalue weighted by atomic mass is 35.5. The van der Waals surface area contributed by atoms with Crippen molar-refractivity contribution in [3.05, 3.63) is 89.4 Å². The van der Waals surface area contributed by atoms with Crippen molar-refractivity contribution in [2.45, 2.75) is 28.2 Å². The van der Waals surface area contributed by atoms with Crippen LogP contribution in [0.15, 0.2) is 88.7 Å². The van der Waals surface area contributed by atoms with E-state index in [2.05, 4.69) is 15.6 Å². The van der Waals surface area contributed by atoms with Crippen molar-refractivity contribution >= 4 is 44.2 Å². The molecule has 6 nitrogen and oxygen atoms in total. The molecule has 0 saturated heterocycles. The third-order valence-electron chi connectivity index (χ3n) is 5.61. The molecule has 2 unspecified atom stereocenters. The maximum atomic E-state index is 13.5. The fraction of sp³-hybridized carbons (Fsp3) is 0.125. The van der Waals surface area contributed by atoms with Gasteiger partial charge in [0.1, 0.15) is 10.7 Å². The molecule has 5 rings (SSSR count). The van der Waals surface area contributed by atoms with Crippen LogP contribution in [0.1, 0.15) is 17.9 Å². The zero-order valence-electron chi connectivity index (χ0n) is 16.9. The Bertz CT molecular complexity index is 1400. The van der Waals surface area contributed by atoms with Crippen LogP contribution in [0.2, 0.25) is 5.02 Å². The van der Waals surface area contributed by atoms with Crippen molar-refractivity contribution in [3.63, 3.8) is 0 Å². The number of hydrogen-bond donors (Lipinski definition) is 3. The van der Waals surface area contributed by atoms with E-state index in [-0.39, 0.29) is 27.6 Å². The first-order valence-electron chi connectivity index (χ1n) is 10.2. The summed E-state index contributed by atoms with van der Waals surface area (Å²) in [6.45, 7) is 0. The Balaban J connectivity index is 1.45. The van der Waals surface area contributed by atoms with E-state index in [0.717, 1.165) is 6.42 Å². The number of hydrogen-bond acceptors (Lipinski definition) is 3. The second kappa shape index (κ2) is 8.00. The maximum Gasteiger partial charge on any atom is 0.320 e. The molecule has 0 radical (unpaired) electrons. The van der Waals surface area contributed by atoms with Crippen LogP contribution in [-0.2, 0) is 9.84 Å². The molecule has 2 amide bonds. The molecule has 3 N–H and O–H groups in total. The van der Waals surface area contributed by atoms with Crippen molar-refractivity contribution < 1.29 is 13.2 Å². The van der Waals surface area contributed by atoms with Gasteiger partial charge in [0, 0.05) is 27.9 Å². The average Bonchev–Trinajstić information content (AvgIpc) is 3.46. The van der Waals surface area contributed by atoms with Crippen LogP contribution in [0.5, 0.6) is 0 Å². The Morgan fingerprint density at radius 3 is 2.38 bits per heavy atom. The fourth-order valence-corrected chi connectivity index (χ4v) is 5.72. The number of rotatable bonds is 5. The summed E-state index contributed by atoms with van der Waals surface area (Å²) in [4.78, 5) is 15.9. The van der Waals surface area contributed by atoms with E-state index < -0.39 is 15.9 Å². The van der Waals surface area contributed by atoms with Crippen molar-refractivity contribution in [2.75, 3.05) is 5.32 Å². The number of benzene rings is 3. The minimum Gasteiger partial charge on any atom is -0.340 e. The quantitative estimate of drug-likeness (QED) is 0.372. The zero-order chi connectivity index (χ0) is 22.3. The Labute approximate surface area is 190 Å². The first-order valence-corrected chi connectivity index (χ1v) is 12.0. The van der Waals surface area contributed by atoms with Gasteiger partial charge in [-0.3, -0.25) is 5.32 Å². The van der Waals surface area contributed by atoms with Crippen LogP contribution >= 0.6 is 11.6 Å². The Kier molecular flexibility index (Phi) is 5.15. The van der Waals surface area contributed by atoms with Crippen molar-refractivity contribution in [2.24, 2.45) is 0 Å². The SMILES string of the molecule is O=C(Nc1[nH]c2ccc(Cl)cc2c1S(=O)(=O)c1ccccc1)NC1CC1c1ccccc1. The third-order valence-corrected chi connectivity index (χ3v) is 7.70. The normalized spacial score (nSPS) is 17.8. The van der Waals surface area contributed by atoms with Crippen molar-refractivity contribution in [3.8, 4) is 0 Å². The molecule has 4 aromatic rings. The highest BCUT2D eigenvalue weighted by Gasteiger charge is 2.39. The minimum atomic E-state index is -3.91. The van der Waals surface area contributed by atoms with Gasteiger partial charge in [0.25, 0.3) is 0 Å². The molecule has 3 aromatic carbocycles. The van der Waals surface area contributed by atoms with Gasteiger partial charge in [-0.15, -0.1) is 0 Å². The van der Waals surface area contributed by atoms with Crippen molar-refractivity contribution in [1.82, 2.24) is 10.3 Å². The lowest BCUT2D eigenvalue weighted by Crippen LogP contribution is -2.31. The molecule has 0 aliphatic heterocycles. The first kappa shape index (κ1) is 20.6. The van der Waals surface area contributed by atoms with Gasteiger partial charge in [0.2, 0.25) is 9.84 Å². The number of halogens is 1. The van der Waals surface area contributed by atoms with Gasteiger partial charge in [-0.2, -0.15) is 0 Å². The first-order chi connectivity index (χ1) is 15.4. The zero-order valence-corrected chi connectivity index (χ0v) is 18.5. The monoisotopic (exact) mass is 465 g/mol. The molecule has 1 fully saturated rings. The number of H-pyrrole nitrogens is 1. The van der Waals surface area contributed by atoms with Gasteiger partial charge in [0.05, 0.1) is 4.90 Å². The second-order valence-corrected chi connectivity index (χ2v) is 10.1. The number of aromatic amines is 1. The molecular formula is C24H20ClN3O3S. The lowest BCUT2D eigenvalue weighted by atomic mass is 10.1. The predicted molar refractivity (Wildman–Crippen MR) is 125 cm³/mol. The summed E-state index contributed by atoms with van der Waals surface area (Å²) in [7, 11) is -3.91. The number of urea groups is 1. The van der Waals surface area contributed by atoms with E-state index in [1.54, 1.807) is 36.4 Å². The summed E-state index contributed by atoms with van der Waals surface area (Å²) < 4.78 is 26.9. The number of carbonyl (C=O) groups excluding carboxylic acids is 1. The van der Waals surface area contributed by atoms with E-state index >= 15 is 0 Å². The summed E-state index contributed by atoms with van der Waals surface area (Å²) in [6.07, 6.45) is 0.842. The summed E-state index contributed by atoms with van der Waals surface area (Å²) in [6, 6.07) is 22.6. The summed E-state index contributed by atoms with van der Waals surface area (Å²) in [5.74, 6) is 0.372. The van der Waals surface area contributed by atoms with Gasteiger partial charge >= 0.3 is 6.03 Å². The van der Waals surface area contributed by atoms with Gasteiger partial charge in [-0.1, -0.05) is 60.1 Å². The van der Waals surface area contributed by atoms with Crippen LogP contribution in [0.25, 0.3) is 10.9 Å². The molecule has 32 heavy (non-hydrogen) atoms. The Hall–Kier alpha value is -3.29. The topological polar surface area (TPSA) is 91.1 Å². The number of amides is 2. The largest absolute Gasteiger partial charge is 0.340 e. The minimum absolute atomic E-state index is 0.00500. The Morgan fingerprint density at radius 1 is 0.969 bits per heavy atom. The average molecular weight is 466 g/mol. The van der Waals surface area contributed by atoms with E-state index in [9.17, 15) is 13.2 Å². The molecular weight excluding hydrogens is 446 g/mol. The lowest BCUT2D eigenvalue weighted by Gasteiger charge is -2.10. The molecule has 1 aromatic heterocycles. The summed E-state index contributed by atoms with van der Waals surface area (Å²) >= 11 is 6.14. The van der Waals surface area contributed by atoms with Gasteiger partial charge in [0.15, 0.2) is 0 Å². The van der Waals surface area contributed by atoms with Crippen LogP contribution in [0, 0.1) is 0 Å². The van der Waals surface area contributed by atoms with Crippen LogP contribution in [-0.4, -0.2) is 25.5 Å². The summed E-state index contributed by atoms with van der Waals surface area (Å²) in [5, 5.41) is 6.47. The van der Waals surface area contributed by atoms with E-state index in [0.29, 0.717) is 15.9 Å². The number of carbonyl (C=O) groups is 1.